The van der Waals surface area contributed by atoms with Gasteiger partial charge >= 0.3 is 0 Å². The van der Waals surface area contributed by atoms with E-state index in [1.165, 1.54) is 0 Å². The van der Waals surface area contributed by atoms with E-state index in [4.69, 9.17) is 14.4 Å². The van der Waals surface area contributed by atoms with Crippen LogP contribution in [0.2, 0.25) is 0 Å². The summed E-state index contributed by atoms with van der Waals surface area (Å²) >= 11 is 1.60. The van der Waals surface area contributed by atoms with E-state index in [1.54, 1.807) is 17.5 Å². The van der Waals surface area contributed by atoms with Crippen LogP contribution >= 0.6 is 11.3 Å². The zero-order valence-electron chi connectivity index (χ0n) is 14.5. The molecule has 0 saturated heterocycles. The number of thiazole rings is 1. The van der Waals surface area contributed by atoms with E-state index < -0.39 is 0 Å². The van der Waals surface area contributed by atoms with Crippen LogP contribution in [0.3, 0.4) is 0 Å². The highest BCUT2D eigenvalue weighted by molar-refractivity contribution is 7.18. The fourth-order valence-corrected chi connectivity index (χ4v) is 3.97. The summed E-state index contributed by atoms with van der Waals surface area (Å²) < 4.78 is 6.10. The van der Waals surface area contributed by atoms with Crippen molar-refractivity contribution >= 4 is 17.0 Å². The number of hydrogen-bond donors (Lipinski definition) is 0. The number of oxazole rings is 1. The number of pyridine rings is 1. The highest BCUT2D eigenvalue weighted by atomic mass is 32.1. The molecule has 128 valence electrons. The topological polar surface area (TPSA) is 64.2 Å². The van der Waals surface area contributed by atoms with Crippen LogP contribution in [0.4, 0.5) is 0 Å². The van der Waals surface area contributed by atoms with Crippen LogP contribution in [0.1, 0.15) is 43.3 Å². The number of aromatic nitrogens is 3. The molecule has 0 spiro atoms. The Hall–Kier alpha value is -2.34. The van der Waals surface area contributed by atoms with Gasteiger partial charge in [-0.15, -0.1) is 11.3 Å². The first-order valence-electron chi connectivity index (χ1n) is 8.68. The maximum Gasteiger partial charge on any atom is 0.239 e. The molecule has 25 heavy (non-hydrogen) atoms. The van der Waals surface area contributed by atoms with Gasteiger partial charge in [-0.1, -0.05) is 6.92 Å². The van der Waals surface area contributed by atoms with E-state index in [9.17, 15) is 0 Å². The van der Waals surface area contributed by atoms with Gasteiger partial charge in [0.25, 0.3) is 0 Å². The Morgan fingerprint density at radius 2 is 2.20 bits per heavy atom. The van der Waals surface area contributed by atoms with Gasteiger partial charge in [-0.3, -0.25) is 9.98 Å². The van der Waals surface area contributed by atoms with Crippen LogP contribution < -0.4 is 0 Å². The quantitative estimate of drug-likeness (QED) is 0.682. The van der Waals surface area contributed by atoms with Crippen molar-refractivity contribution in [1.29, 1.82) is 0 Å². The number of rotatable bonds is 4. The average Bonchev–Trinajstić information content (AvgIpc) is 3.24. The Morgan fingerprint density at radius 1 is 1.28 bits per heavy atom. The summed E-state index contributed by atoms with van der Waals surface area (Å²) in [7, 11) is 0. The molecular weight excluding hydrogens is 332 g/mol. The Kier molecular flexibility index (Phi) is 4.44. The van der Waals surface area contributed by atoms with E-state index in [0.717, 1.165) is 70.5 Å². The maximum absolute atomic E-state index is 6.10. The molecule has 5 nitrogen and oxygen atoms in total. The normalized spacial score (nSPS) is 15.5. The molecule has 0 amide bonds. The second-order valence-corrected chi connectivity index (χ2v) is 7.15. The van der Waals surface area contributed by atoms with Crippen LogP contribution in [0.5, 0.6) is 0 Å². The molecule has 0 atom stereocenters. The molecular formula is C19H20N4OS. The average molecular weight is 352 g/mol. The third-order valence-electron chi connectivity index (χ3n) is 4.21. The van der Waals surface area contributed by atoms with Crippen LogP contribution in [0, 0.1) is 6.92 Å². The molecule has 0 unspecified atom stereocenters. The molecule has 0 saturated carbocycles. The van der Waals surface area contributed by atoms with E-state index in [2.05, 4.69) is 16.9 Å². The smallest absolute Gasteiger partial charge is 0.239 e. The van der Waals surface area contributed by atoms with Crippen molar-refractivity contribution in [2.45, 2.75) is 39.5 Å². The zero-order valence-corrected chi connectivity index (χ0v) is 15.3. The molecule has 0 N–H and O–H groups in total. The van der Waals surface area contributed by atoms with Crippen molar-refractivity contribution in [3.05, 3.63) is 41.7 Å². The summed E-state index contributed by atoms with van der Waals surface area (Å²) in [5.41, 5.74) is 4.00. The lowest BCUT2D eigenvalue weighted by molar-refractivity contribution is 0.508. The minimum absolute atomic E-state index is 0.668. The summed E-state index contributed by atoms with van der Waals surface area (Å²) in [5, 5.41) is 0.941. The summed E-state index contributed by atoms with van der Waals surface area (Å²) in [6.07, 6.45) is 7.64. The lowest BCUT2D eigenvalue weighted by Crippen LogP contribution is -2.11. The Balaban J connectivity index is 1.72. The molecule has 0 aromatic carbocycles. The highest BCUT2D eigenvalue weighted by Gasteiger charge is 2.25. The Morgan fingerprint density at radius 3 is 3.00 bits per heavy atom. The SMILES string of the molecule is CCCN=C1CCCc2oc(-c3sc(-c4cccnc4)nc3C)nc21. The molecule has 3 aromatic rings. The summed E-state index contributed by atoms with van der Waals surface area (Å²) in [6, 6.07) is 3.94. The van der Waals surface area contributed by atoms with Crippen molar-refractivity contribution in [1.82, 2.24) is 15.0 Å². The van der Waals surface area contributed by atoms with E-state index >= 15 is 0 Å². The van der Waals surface area contributed by atoms with Crippen LogP contribution in [0.15, 0.2) is 33.9 Å². The molecule has 0 fully saturated rings. The minimum atomic E-state index is 0.668. The van der Waals surface area contributed by atoms with Gasteiger partial charge in [0.05, 0.1) is 11.4 Å². The molecule has 3 heterocycles. The molecule has 3 aromatic heterocycles. The van der Waals surface area contributed by atoms with Gasteiger partial charge in [0.2, 0.25) is 5.89 Å². The second-order valence-electron chi connectivity index (χ2n) is 6.15. The first-order chi connectivity index (χ1) is 12.3. The molecule has 0 radical (unpaired) electrons. The monoisotopic (exact) mass is 352 g/mol. The first kappa shape index (κ1) is 16.1. The van der Waals surface area contributed by atoms with Crippen molar-refractivity contribution in [3.63, 3.8) is 0 Å². The summed E-state index contributed by atoms with van der Waals surface area (Å²) in [4.78, 5) is 19.3. The predicted octanol–water partition coefficient (Wildman–Crippen LogP) is 4.70. The standard InChI is InChI=1S/C19H20N4OS/c1-3-9-21-14-7-4-8-15-16(14)23-18(24-15)17-12(2)22-19(25-17)13-6-5-10-20-11-13/h5-6,10-11H,3-4,7-9H2,1-2H3. The van der Waals surface area contributed by atoms with E-state index in [-0.39, 0.29) is 0 Å². The fourth-order valence-electron chi connectivity index (χ4n) is 2.99. The second kappa shape index (κ2) is 6.88. The Labute approximate surface area is 150 Å². The summed E-state index contributed by atoms with van der Waals surface area (Å²) in [6.45, 7) is 4.99. The fraction of sp³-hybridized carbons (Fsp3) is 0.368. The predicted molar refractivity (Wildman–Crippen MR) is 100 cm³/mol. The van der Waals surface area contributed by atoms with E-state index in [1.807, 2.05) is 25.3 Å². The molecule has 0 bridgehead atoms. The van der Waals surface area contributed by atoms with Gasteiger partial charge in [-0.05, 0) is 38.3 Å². The number of hydrogen-bond acceptors (Lipinski definition) is 6. The summed E-state index contributed by atoms with van der Waals surface area (Å²) in [5.74, 6) is 1.63. The van der Waals surface area contributed by atoms with Gasteiger partial charge < -0.3 is 4.42 Å². The van der Waals surface area contributed by atoms with Gasteiger partial charge in [0.1, 0.15) is 21.3 Å². The van der Waals surface area contributed by atoms with Gasteiger partial charge in [0, 0.05) is 30.9 Å². The van der Waals surface area contributed by atoms with Gasteiger partial charge in [-0.2, -0.15) is 0 Å². The molecule has 6 heteroatoms. The van der Waals surface area contributed by atoms with Crippen LogP contribution in [0.25, 0.3) is 21.3 Å². The Bertz CT molecular complexity index is 911. The number of nitrogens with zero attached hydrogens (tertiary/aromatic N) is 4. The largest absolute Gasteiger partial charge is 0.440 e. The minimum Gasteiger partial charge on any atom is -0.440 e. The molecule has 4 rings (SSSR count). The van der Waals surface area contributed by atoms with Crippen molar-refractivity contribution in [2.75, 3.05) is 6.54 Å². The van der Waals surface area contributed by atoms with Gasteiger partial charge in [0.15, 0.2) is 0 Å². The number of aryl methyl sites for hydroxylation is 2. The highest BCUT2D eigenvalue weighted by Crippen LogP contribution is 2.36. The van der Waals surface area contributed by atoms with Crippen LogP contribution in [-0.2, 0) is 6.42 Å². The number of aliphatic imine (C=N–C) groups is 1. The first-order valence-corrected chi connectivity index (χ1v) is 9.49. The third kappa shape index (κ3) is 3.14. The third-order valence-corrected chi connectivity index (χ3v) is 5.41. The van der Waals surface area contributed by atoms with Crippen molar-refractivity contribution in [3.8, 4) is 21.3 Å². The molecule has 1 aliphatic carbocycles. The van der Waals surface area contributed by atoms with Crippen molar-refractivity contribution < 1.29 is 4.42 Å². The lowest BCUT2D eigenvalue weighted by atomic mass is 10.00. The molecule has 0 aliphatic heterocycles. The lowest BCUT2D eigenvalue weighted by Gasteiger charge is -2.10. The molecule has 1 aliphatic rings. The van der Waals surface area contributed by atoms with Crippen LogP contribution in [-0.4, -0.2) is 27.2 Å². The van der Waals surface area contributed by atoms with Gasteiger partial charge in [-0.25, -0.2) is 9.97 Å². The van der Waals surface area contributed by atoms with Crippen molar-refractivity contribution in [2.24, 2.45) is 4.99 Å². The number of fused-ring (bicyclic) bond motifs is 1. The van der Waals surface area contributed by atoms with E-state index in [0.29, 0.717) is 5.89 Å². The maximum atomic E-state index is 6.10. The zero-order chi connectivity index (χ0) is 17.2.